The second kappa shape index (κ2) is 11.1. The summed E-state index contributed by atoms with van der Waals surface area (Å²) in [5.41, 5.74) is 1.87. The van der Waals surface area contributed by atoms with Gasteiger partial charge in [-0.05, 0) is 62.5 Å². The molecule has 0 bridgehead atoms. The lowest BCUT2D eigenvalue weighted by atomic mass is 10.2. The van der Waals surface area contributed by atoms with Gasteiger partial charge in [-0.25, -0.2) is 0 Å². The molecule has 0 unspecified atom stereocenters. The fraction of sp³-hybridized carbons (Fsp3) is 0.263. The monoisotopic (exact) mass is 377 g/mol. The van der Waals surface area contributed by atoms with Crippen LogP contribution in [0.4, 0.5) is 11.4 Å². The van der Waals surface area contributed by atoms with Crippen LogP contribution in [0.15, 0.2) is 48.5 Å². The maximum absolute atomic E-state index is 12.3. The number of anilines is 2. The molecule has 0 spiro atoms. The van der Waals surface area contributed by atoms with Gasteiger partial charge < -0.3 is 20.7 Å². The first kappa shape index (κ1) is 21.5. The zero-order valence-corrected chi connectivity index (χ0v) is 15.7. The molecular formula is C19H24ClN3O3. The minimum atomic E-state index is -0.211. The molecular weight excluding hydrogens is 354 g/mol. The highest BCUT2D eigenvalue weighted by Crippen LogP contribution is 2.17. The normalized spacial score (nSPS) is 9.77. The Hall–Kier alpha value is -2.57. The third-order valence-corrected chi connectivity index (χ3v) is 3.46. The van der Waals surface area contributed by atoms with E-state index in [1.54, 1.807) is 43.4 Å². The molecule has 0 aliphatic rings. The largest absolute Gasteiger partial charge is 0.494 e. The Morgan fingerprint density at radius 2 is 1.50 bits per heavy atom. The maximum atomic E-state index is 12.3. The lowest BCUT2D eigenvalue weighted by molar-refractivity contribution is -0.116. The maximum Gasteiger partial charge on any atom is 0.255 e. The molecule has 0 saturated heterocycles. The van der Waals surface area contributed by atoms with Gasteiger partial charge in [-0.15, -0.1) is 12.4 Å². The molecule has 0 saturated carbocycles. The van der Waals surface area contributed by atoms with Crippen molar-refractivity contribution in [3.63, 3.8) is 0 Å². The first-order chi connectivity index (χ1) is 12.1. The number of carbonyl (C=O) groups excluding carboxylic acids is 2. The summed E-state index contributed by atoms with van der Waals surface area (Å²) in [6.45, 7) is 3.14. The van der Waals surface area contributed by atoms with E-state index < -0.39 is 0 Å². The van der Waals surface area contributed by atoms with Crippen molar-refractivity contribution in [3.8, 4) is 5.75 Å². The summed E-state index contributed by atoms with van der Waals surface area (Å²) in [5.74, 6) is 0.483. The number of hydrogen-bond acceptors (Lipinski definition) is 4. The molecule has 0 aliphatic carbocycles. The van der Waals surface area contributed by atoms with E-state index in [1.807, 2.05) is 19.1 Å². The van der Waals surface area contributed by atoms with E-state index in [2.05, 4.69) is 16.0 Å². The van der Waals surface area contributed by atoms with Crippen molar-refractivity contribution in [2.45, 2.75) is 13.3 Å². The molecule has 0 aliphatic heterocycles. The Bertz CT molecular complexity index is 703. The van der Waals surface area contributed by atoms with Gasteiger partial charge >= 0.3 is 0 Å². The lowest BCUT2D eigenvalue weighted by Crippen LogP contribution is -2.18. The molecule has 7 heteroatoms. The highest BCUT2D eigenvalue weighted by molar-refractivity contribution is 6.04. The van der Waals surface area contributed by atoms with E-state index in [0.717, 1.165) is 5.75 Å². The zero-order chi connectivity index (χ0) is 18.1. The number of hydrogen-bond donors (Lipinski definition) is 3. The molecule has 0 radical (unpaired) electrons. The standard InChI is InChI=1S/C19H23N3O3.ClH/c1-3-25-17-10-8-16(9-11-17)22-19(24)14-4-6-15(7-5-14)21-18(23)12-13-20-2;/h4-11,20H,3,12-13H2,1-2H3,(H,21,23)(H,22,24);1H. The predicted molar refractivity (Wildman–Crippen MR) is 106 cm³/mol. The van der Waals surface area contributed by atoms with Gasteiger partial charge in [0.2, 0.25) is 5.91 Å². The number of ether oxygens (including phenoxy) is 1. The molecule has 6 nitrogen and oxygen atoms in total. The Labute approximate surface area is 159 Å². The third kappa shape index (κ3) is 6.74. The van der Waals surface area contributed by atoms with Crippen molar-refractivity contribution >= 4 is 35.6 Å². The van der Waals surface area contributed by atoms with Gasteiger partial charge in [0.05, 0.1) is 6.61 Å². The summed E-state index contributed by atoms with van der Waals surface area (Å²) in [6, 6.07) is 14.0. The molecule has 2 rings (SSSR count). The van der Waals surface area contributed by atoms with Crippen LogP contribution in [-0.4, -0.2) is 32.0 Å². The predicted octanol–water partition coefficient (Wildman–Crippen LogP) is 3.31. The van der Waals surface area contributed by atoms with E-state index in [1.165, 1.54) is 0 Å². The van der Waals surface area contributed by atoms with Crippen LogP contribution in [0.1, 0.15) is 23.7 Å². The zero-order valence-electron chi connectivity index (χ0n) is 14.9. The summed E-state index contributed by atoms with van der Waals surface area (Å²) in [5, 5.41) is 8.53. The quantitative estimate of drug-likeness (QED) is 0.659. The lowest BCUT2D eigenvalue weighted by Gasteiger charge is -2.08. The van der Waals surface area contributed by atoms with Crippen molar-refractivity contribution in [2.24, 2.45) is 0 Å². The first-order valence-corrected chi connectivity index (χ1v) is 8.21. The molecule has 3 N–H and O–H groups in total. The molecule has 2 aromatic carbocycles. The van der Waals surface area contributed by atoms with Gasteiger partial charge in [0.15, 0.2) is 0 Å². The van der Waals surface area contributed by atoms with E-state index >= 15 is 0 Å². The van der Waals surface area contributed by atoms with Gasteiger partial charge in [-0.3, -0.25) is 9.59 Å². The molecule has 140 valence electrons. The van der Waals surface area contributed by atoms with E-state index in [-0.39, 0.29) is 24.2 Å². The third-order valence-electron chi connectivity index (χ3n) is 3.46. The van der Waals surface area contributed by atoms with Crippen molar-refractivity contribution < 1.29 is 14.3 Å². The Balaban J connectivity index is 0.00000338. The van der Waals surface area contributed by atoms with Crippen LogP contribution >= 0.6 is 12.4 Å². The molecule has 0 atom stereocenters. The highest BCUT2D eigenvalue weighted by atomic mass is 35.5. The summed E-state index contributed by atoms with van der Waals surface area (Å²) < 4.78 is 5.37. The van der Waals surface area contributed by atoms with E-state index in [4.69, 9.17) is 4.74 Å². The molecule has 2 aromatic rings. The fourth-order valence-electron chi connectivity index (χ4n) is 2.17. The summed E-state index contributed by atoms with van der Waals surface area (Å²) in [4.78, 5) is 23.9. The van der Waals surface area contributed by atoms with E-state index in [0.29, 0.717) is 36.5 Å². The summed E-state index contributed by atoms with van der Waals surface area (Å²) >= 11 is 0. The van der Waals surface area contributed by atoms with Gasteiger partial charge in [0.25, 0.3) is 5.91 Å². The van der Waals surface area contributed by atoms with Crippen molar-refractivity contribution in [3.05, 3.63) is 54.1 Å². The van der Waals surface area contributed by atoms with Crippen LogP contribution < -0.4 is 20.7 Å². The second-order valence-electron chi connectivity index (χ2n) is 5.39. The number of carbonyl (C=O) groups is 2. The van der Waals surface area contributed by atoms with Crippen LogP contribution in [0.5, 0.6) is 5.75 Å². The molecule has 26 heavy (non-hydrogen) atoms. The summed E-state index contributed by atoms with van der Waals surface area (Å²) in [7, 11) is 1.80. The van der Waals surface area contributed by atoms with Crippen LogP contribution in [0.25, 0.3) is 0 Å². The second-order valence-corrected chi connectivity index (χ2v) is 5.39. The van der Waals surface area contributed by atoms with Crippen molar-refractivity contribution in [1.29, 1.82) is 0 Å². The summed E-state index contributed by atoms with van der Waals surface area (Å²) in [6.07, 6.45) is 0.399. The number of benzene rings is 2. The average molecular weight is 378 g/mol. The first-order valence-electron chi connectivity index (χ1n) is 8.21. The van der Waals surface area contributed by atoms with Gasteiger partial charge in [0, 0.05) is 29.9 Å². The molecule has 0 fully saturated rings. The smallest absolute Gasteiger partial charge is 0.255 e. The molecule has 0 heterocycles. The molecule has 0 aromatic heterocycles. The van der Waals surface area contributed by atoms with E-state index in [9.17, 15) is 9.59 Å². The Kier molecular flexibility index (Phi) is 9.19. The molecule has 2 amide bonds. The SMILES string of the molecule is CCOc1ccc(NC(=O)c2ccc(NC(=O)CCNC)cc2)cc1.Cl. The fourth-order valence-corrected chi connectivity index (χ4v) is 2.17. The number of halogens is 1. The number of amides is 2. The minimum absolute atomic E-state index is 0. The van der Waals surface area contributed by atoms with Crippen LogP contribution in [0.2, 0.25) is 0 Å². The number of nitrogens with one attached hydrogen (secondary N) is 3. The Morgan fingerprint density at radius 3 is 2.08 bits per heavy atom. The van der Waals surface area contributed by atoms with Gasteiger partial charge in [-0.2, -0.15) is 0 Å². The van der Waals surface area contributed by atoms with Crippen molar-refractivity contribution in [1.82, 2.24) is 5.32 Å². The average Bonchev–Trinajstić information content (AvgIpc) is 2.62. The topological polar surface area (TPSA) is 79.5 Å². The minimum Gasteiger partial charge on any atom is -0.494 e. The van der Waals surface area contributed by atoms with Crippen LogP contribution in [0, 0.1) is 0 Å². The van der Waals surface area contributed by atoms with Crippen molar-refractivity contribution in [2.75, 3.05) is 30.8 Å². The van der Waals surface area contributed by atoms with Gasteiger partial charge in [-0.1, -0.05) is 0 Å². The Morgan fingerprint density at radius 1 is 0.923 bits per heavy atom. The van der Waals surface area contributed by atoms with Crippen LogP contribution in [0.3, 0.4) is 0 Å². The highest BCUT2D eigenvalue weighted by Gasteiger charge is 2.07. The van der Waals surface area contributed by atoms with Crippen LogP contribution in [-0.2, 0) is 4.79 Å². The number of rotatable bonds is 8. The van der Waals surface area contributed by atoms with Gasteiger partial charge in [0.1, 0.15) is 5.75 Å².